The summed E-state index contributed by atoms with van der Waals surface area (Å²) in [6.07, 6.45) is 1.71. The molecular formula is C10H7BrN2O. The highest BCUT2D eigenvalue weighted by atomic mass is 79.9. The van der Waals surface area contributed by atoms with Crippen LogP contribution in [0.5, 0.6) is 0 Å². The molecular weight excluding hydrogens is 244 g/mol. The Morgan fingerprint density at radius 2 is 2.29 bits per heavy atom. The Bertz CT molecular complexity index is 623. The zero-order valence-electron chi connectivity index (χ0n) is 7.49. The first-order valence-corrected chi connectivity index (χ1v) is 5.07. The largest absolute Gasteiger partial charge is 0.444 e. The lowest BCUT2D eigenvalue weighted by atomic mass is 10.3. The van der Waals surface area contributed by atoms with Gasteiger partial charge in [0.2, 0.25) is 5.71 Å². The van der Waals surface area contributed by atoms with Gasteiger partial charge in [-0.3, -0.25) is 0 Å². The Hall–Kier alpha value is -1.29. The minimum atomic E-state index is 0.810. The van der Waals surface area contributed by atoms with Gasteiger partial charge in [0.1, 0.15) is 6.26 Å². The molecule has 70 valence electrons. The number of aromatic nitrogens is 2. The number of fused-ring (bicyclic) bond motifs is 3. The minimum absolute atomic E-state index is 0.810. The molecule has 2 aromatic heterocycles. The van der Waals surface area contributed by atoms with Crippen LogP contribution in [-0.4, -0.2) is 9.61 Å². The lowest BCUT2D eigenvalue weighted by Crippen LogP contribution is -1.83. The second kappa shape index (κ2) is 2.60. The second-order valence-corrected chi connectivity index (χ2v) is 4.17. The van der Waals surface area contributed by atoms with Crippen molar-refractivity contribution in [3.63, 3.8) is 0 Å². The van der Waals surface area contributed by atoms with Gasteiger partial charge in [0, 0.05) is 4.47 Å². The van der Waals surface area contributed by atoms with Crippen LogP contribution in [0.4, 0.5) is 0 Å². The highest BCUT2D eigenvalue weighted by Gasteiger charge is 2.09. The fourth-order valence-corrected chi connectivity index (χ4v) is 1.93. The molecule has 0 aliphatic heterocycles. The van der Waals surface area contributed by atoms with Crippen LogP contribution < -0.4 is 0 Å². The van der Waals surface area contributed by atoms with Crippen molar-refractivity contribution in [1.82, 2.24) is 9.61 Å². The van der Waals surface area contributed by atoms with Crippen LogP contribution >= 0.6 is 15.9 Å². The predicted octanol–water partition coefficient (Wildman–Crippen LogP) is 3.15. The summed E-state index contributed by atoms with van der Waals surface area (Å²) in [5, 5.41) is 5.47. The van der Waals surface area contributed by atoms with Crippen LogP contribution in [0.2, 0.25) is 0 Å². The van der Waals surface area contributed by atoms with Gasteiger partial charge in [-0.15, -0.1) is 0 Å². The predicted molar refractivity (Wildman–Crippen MR) is 57.4 cm³/mol. The van der Waals surface area contributed by atoms with Crippen molar-refractivity contribution in [3.05, 3.63) is 34.6 Å². The average Bonchev–Trinajstić information content (AvgIpc) is 2.66. The lowest BCUT2D eigenvalue weighted by Gasteiger charge is -1.87. The van der Waals surface area contributed by atoms with Gasteiger partial charge in [0.25, 0.3) is 0 Å². The first-order valence-electron chi connectivity index (χ1n) is 4.28. The molecule has 0 aliphatic carbocycles. The minimum Gasteiger partial charge on any atom is -0.444 e. The van der Waals surface area contributed by atoms with Gasteiger partial charge >= 0.3 is 0 Å². The smallest absolute Gasteiger partial charge is 0.229 e. The van der Waals surface area contributed by atoms with E-state index in [0.29, 0.717) is 0 Å². The van der Waals surface area contributed by atoms with Crippen molar-refractivity contribution < 1.29 is 4.42 Å². The van der Waals surface area contributed by atoms with Crippen LogP contribution in [-0.2, 0) is 0 Å². The lowest BCUT2D eigenvalue weighted by molar-refractivity contribution is 0.608. The molecule has 0 aliphatic rings. The van der Waals surface area contributed by atoms with E-state index in [1.807, 2.05) is 29.6 Å². The van der Waals surface area contributed by atoms with E-state index in [1.54, 1.807) is 6.26 Å². The molecule has 1 aromatic carbocycles. The van der Waals surface area contributed by atoms with Gasteiger partial charge in [0.15, 0.2) is 0 Å². The average molecular weight is 251 g/mol. The van der Waals surface area contributed by atoms with Crippen molar-refractivity contribution in [2.45, 2.75) is 6.92 Å². The highest BCUT2D eigenvalue weighted by Crippen LogP contribution is 2.24. The molecule has 0 amide bonds. The van der Waals surface area contributed by atoms with Gasteiger partial charge in [-0.05, 0) is 25.1 Å². The quantitative estimate of drug-likeness (QED) is 0.614. The van der Waals surface area contributed by atoms with Crippen molar-refractivity contribution >= 4 is 32.5 Å². The number of oxazole rings is 1. The first-order chi connectivity index (χ1) is 6.75. The summed E-state index contributed by atoms with van der Waals surface area (Å²) in [6.45, 7) is 1.97. The maximum Gasteiger partial charge on any atom is 0.229 e. The van der Waals surface area contributed by atoms with Gasteiger partial charge < -0.3 is 4.42 Å². The van der Waals surface area contributed by atoms with E-state index in [0.717, 1.165) is 26.8 Å². The molecule has 0 bridgehead atoms. The molecule has 3 aromatic rings. The third kappa shape index (κ3) is 0.944. The molecule has 0 spiro atoms. The number of nitrogens with zero attached hydrogens (tertiary/aromatic N) is 2. The first kappa shape index (κ1) is 8.05. The van der Waals surface area contributed by atoms with Crippen LogP contribution in [0, 0.1) is 6.92 Å². The highest BCUT2D eigenvalue weighted by molar-refractivity contribution is 9.10. The summed E-state index contributed by atoms with van der Waals surface area (Å²) in [5.74, 6) is 0. The number of hydrogen-bond acceptors (Lipinski definition) is 2. The second-order valence-electron chi connectivity index (χ2n) is 3.26. The van der Waals surface area contributed by atoms with Crippen molar-refractivity contribution in [2.24, 2.45) is 0 Å². The maximum atomic E-state index is 5.43. The number of rotatable bonds is 0. The summed E-state index contributed by atoms with van der Waals surface area (Å²) in [6, 6.07) is 5.98. The normalized spacial score (nSPS) is 11.6. The number of halogens is 1. The molecule has 0 saturated carbocycles. The van der Waals surface area contributed by atoms with Crippen LogP contribution in [0.1, 0.15) is 5.69 Å². The summed E-state index contributed by atoms with van der Waals surface area (Å²) < 4.78 is 8.27. The van der Waals surface area contributed by atoms with E-state index in [2.05, 4.69) is 21.0 Å². The molecule has 0 N–H and O–H groups in total. The van der Waals surface area contributed by atoms with Gasteiger partial charge in [-0.25, -0.2) is 4.52 Å². The molecule has 14 heavy (non-hydrogen) atoms. The number of aryl methyl sites for hydroxylation is 1. The summed E-state index contributed by atoms with van der Waals surface area (Å²) in [5.41, 5.74) is 2.76. The maximum absolute atomic E-state index is 5.43. The van der Waals surface area contributed by atoms with Crippen LogP contribution in [0.25, 0.3) is 16.6 Å². The van der Waals surface area contributed by atoms with E-state index in [-0.39, 0.29) is 0 Å². The zero-order chi connectivity index (χ0) is 9.71. The Morgan fingerprint density at radius 1 is 1.43 bits per heavy atom. The van der Waals surface area contributed by atoms with Gasteiger partial charge in [-0.1, -0.05) is 15.9 Å². The SMILES string of the molecule is Cc1coc2c3ccc(Br)cc3nn12. The van der Waals surface area contributed by atoms with Gasteiger partial charge in [0.05, 0.1) is 16.6 Å². The van der Waals surface area contributed by atoms with E-state index in [9.17, 15) is 0 Å². The molecule has 0 fully saturated rings. The van der Waals surface area contributed by atoms with Crippen LogP contribution in [0.3, 0.4) is 0 Å². The van der Waals surface area contributed by atoms with Gasteiger partial charge in [-0.2, -0.15) is 5.10 Å². The Balaban J connectivity index is 2.56. The summed E-state index contributed by atoms with van der Waals surface area (Å²) in [7, 11) is 0. The Kier molecular flexibility index (Phi) is 1.50. The number of benzene rings is 1. The zero-order valence-corrected chi connectivity index (χ0v) is 9.08. The van der Waals surface area contributed by atoms with E-state index in [4.69, 9.17) is 4.42 Å². The summed E-state index contributed by atoms with van der Waals surface area (Å²) in [4.78, 5) is 0. The van der Waals surface area contributed by atoms with Crippen LogP contribution in [0.15, 0.2) is 33.4 Å². The summed E-state index contributed by atoms with van der Waals surface area (Å²) >= 11 is 3.42. The standard InChI is InChI=1S/C10H7BrN2O/c1-6-5-14-10-8-3-2-7(11)4-9(8)12-13(6)10/h2-5H,1H3. The van der Waals surface area contributed by atoms with E-state index in [1.165, 1.54) is 0 Å². The van der Waals surface area contributed by atoms with Crippen molar-refractivity contribution in [1.29, 1.82) is 0 Å². The molecule has 0 radical (unpaired) electrons. The van der Waals surface area contributed by atoms with Crippen molar-refractivity contribution in [3.8, 4) is 0 Å². The fraction of sp³-hybridized carbons (Fsp3) is 0.100. The monoisotopic (exact) mass is 250 g/mol. The van der Waals surface area contributed by atoms with Crippen molar-refractivity contribution in [2.75, 3.05) is 0 Å². The topological polar surface area (TPSA) is 30.4 Å². The molecule has 0 unspecified atom stereocenters. The molecule has 0 saturated heterocycles. The fourth-order valence-electron chi connectivity index (χ4n) is 1.58. The molecule has 2 heterocycles. The van der Waals surface area contributed by atoms with E-state index < -0.39 is 0 Å². The third-order valence-electron chi connectivity index (χ3n) is 2.27. The van der Waals surface area contributed by atoms with E-state index >= 15 is 0 Å². The Morgan fingerprint density at radius 3 is 3.14 bits per heavy atom. The molecule has 3 nitrogen and oxygen atoms in total. The molecule has 4 heteroatoms. The molecule has 0 atom stereocenters. The third-order valence-corrected chi connectivity index (χ3v) is 2.76. The molecule has 3 rings (SSSR count). The Labute approximate surface area is 88.4 Å². The number of hydrogen-bond donors (Lipinski definition) is 0.